The van der Waals surface area contributed by atoms with Gasteiger partial charge in [0, 0.05) is 11.8 Å². The van der Waals surface area contributed by atoms with Gasteiger partial charge in [-0.2, -0.15) is 19.1 Å². The summed E-state index contributed by atoms with van der Waals surface area (Å²) in [6.07, 6.45) is 2.19. The zero-order chi connectivity index (χ0) is 18.7. The summed E-state index contributed by atoms with van der Waals surface area (Å²) in [6, 6.07) is 13.4. The molecule has 5 nitrogen and oxygen atoms in total. The van der Waals surface area contributed by atoms with Crippen LogP contribution >= 0.6 is 0 Å². The maximum absolute atomic E-state index is 12.5. The quantitative estimate of drug-likeness (QED) is 0.647. The van der Waals surface area contributed by atoms with Crippen LogP contribution in [0.1, 0.15) is 21.5 Å². The van der Waals surface area contributed by atoms with Gasteiger partial charge in [-0.05, 0) is 48.9 Å². The zero-order valence-electron chi connectivity index (χ0n) is 13.7. The van der Waals surface area contributed by atoms with E-state index in [-0.39, 0.29) is 11.3 Å². The van der Waals surface area contributed by atoms with Crippen LogP contribution in [0.4, 0.5) is 8.78 Å². The fourth-order valence-electron chi connectivity index (χ4n) is 2.58. The van der Waals surface area contributed by atoms with E-state index in [9.17, 15) is 13.6 Å². The predicted octanol–water partition coefficient (Wildman–Crippen LogP) is 4.13. The highest BCUT2D eigenvalue weighted by atomic mass is 19.3. The monoisotopic (exact) mass is 353 g/mol. The van der Waals surface area contributed by atoms with Crippen LogP contribution in [0.15, 0.2) is 48.7 Å². The number of aryl methyl sites for hydroxylation is 1. The van der Waals surface area contributed by atoms with Gasteiger partial charge in [0.25, 0.3) is 0 Å². The Morgan fingerprint density at radius 2 is 2.04 bits per heavy atom. The third-order valence-electron chi connectivity index (χ3n) is 3.81. The van der Waals surface area contributed by atoms with Crippen LogP contribution in [0.25, 0.3) is 16.9 Å². The van der Waals surface area contributed by atoms with Gasteiger partial charge < -0.3 is 4.74 Å². The number of halogens is 2. The van der Waals surface area contributed by atoms with Crippen molar-refractivity contribution in [3.8, 4) is 28.8 Å². The molecule has 7 heteroatoms. The highest BCUT2D eigenvalue weighted by molar-refractivity contribution is 5.81. The molecule has 3 rings (SSSR count). The molecule has 0 aliphatic rings. The summed E-state index contributed by atoms with van der Waals surface area (Å²) < 4.78 is 31.1. The fourth-order valence-corrected chi connectivity index (χ4v) is 2.58. The largest absolute Gasteiger partial charge is 0.434 e. The molecule has 0 saturated heterocycles. The van der Waals surface area contributed by atoms with E-state index in [2.05, 4.69) is 15.9 Å². The summed E-state index contributed by atoms with van der Waals surface area (Å²) in [7, 11) is 0. The zero-order valence-corrected chi connectivity index (χ0v) is 13.7. The highest BCUT2D eigenvalue weighted by Crippen LogP contribution is 2.27. The lowest BCUT2D eigenvalue weighted by molar-refractivity contribution is -0.0500. The molecule has 2 aromatic carbocycles. The van der Waals surface area contributed by atoms with Crippen molar-refractivity contribution in [3.05, 3.63) is 65.4 Å². The van der Waals surface area contributed by atoms with Gasteiger partial charge in [-0.3, -0.25) is 4.79 Å². The molecule has 0 unspecified atom stereocenters. The van der Waals surface area contributed by atoms with E-state index in [4.69, 9.17) is 5.26 Å². The number of hydrogen-bond acceptors (Lipinski definition) is 4. The first-order chi connectivity index (χ1) is 12.5. The summed E-state index contributed by atoms with van der Waals surface area (Å²) in [5, 5.41) is 13.4. The summed E-state index contributed by atoms with van der Waals surface area (Å²) in [6.45, 7) is -1.16. The molecule has 0 amide bonds. The second-order valence-corrected chi connectivity index (χ2v) is 5.51. The van der Waals surface area contributed by atoms with Gasteiger partial charge in [-0.1, -0.05) is 6.07 Å². The molecule has 0 saturated carbocycles. The summed E-state index contributed by atoms with van der Waals surface area (Å²) >= 11 is 0. The average molecular weight is 353 g/mol. The predicted molar refractivity (Wildman–Crippen MR) is 90.5 cm³/mol. The lowest BCUT2D eigenvalue weighted by Gasteiger charge is -2.09. The van der Waals surface area contributed by atoms with Crippen molar-refractivity contribution in [2.24, 2.45) is 0 Å². The Bertz CT molecular complexity index is 1010. The maximum atomic E-state index is 12.5. The molecule has 0 radical (unpaired) electrons. The molecule has 1 heterocycles. The fraction of sp³-hybridized carbons (Fsp3) is 0.105. The number of nitriles is 1. The number of rotatable bonds is 5. The Hall–Kier alpha value is -3.53. The Labute approximate surface area is 148 Å². The summed E-state index contributed by atoms with van der Waals surface area (Å²) in [5.41, 5.74) is 3.33. The molecule has 130 valence electrons. The number of hydrogen-bond donors (Lipinski definition) is 0. The molecule has 0 bridgehead atoms. The number of carbonyl (C=O) groups excluding carboxylic acids is 1. The second kappa shape index (κ2) is 7.15. The molecular formula is C19H13F2N3O2. The normalized spacial score (nSPS) is 10.6. The first-order valence-corrected chi connectivity index (χ1v) is 7.63. The number of benzene rings is 2. The maximum Gasteiger partial charge on any atom is 0.387 e. The standard InChI is InChI=1S/C19H13F2N3O2/c1-12-8-13(10-22)2-5-17(12)24-7-6-16(23-24)14-3-4-15(11-25)18(9-14)26-19(20)21/h2-9,11,19H,1H3. The molecule has 0 aliphatic carbocycles. The minimum atomic E-state index is -3.03. The molecule has 3 aromatic rings. The number of carbonyl (C=O) groups is 1. The Morgan fingerprint density at radius 1 is 1.23 bits per heavy atom. The van der Waals surface area contributed by atoms with Gasteiger partial charge in [0.2, 0.25) is 0 Å². The number of ether oxygens (including phenoxy) is 1. The van der Waals surface area contributed by atoms with Crippen molar-refractivity contribution in [2.75, 3.05) is 0 Å². The van der Waals surface area contributed by atoms with E-state index in [1.165, 1.54) is 12.1 Å². The molecule has 0 aliphatic heterocycles. The van der Waals surface area contributed by atoms with Gasteiger partial charge in [-0.25, -0.2) is 4.68 Å². The third-order valence-corrected chi connectivity index (χ3v) is 3.81. The molecule has 0 spiro atoms. The van der Waals surface area contributed by atoms with Crippen molar-refractivity contribution in [2.45, 2.75) is 13.5 Å². The van der Waals surface area contributed by atoms with Gasteiger partial charge in [0.15, 0.2) is 6.29 Å². The van der Waals surface area contributed by atoms with E-state index in [1.54, 1.807) is 41.2 Å². The summed E-state index contributed by atoms with van der Waals surface area (Å²) in [4.78, 5) is 11.0. The van der Waals surface area contributed by atoms with Crippen molar-refractivity contribution >= 4 is 6.29 Å². The minimum Gasteiger partial charge on any atom is -0.434 e. The van der Waals surface area contributed by atoms with Crippen molar-refractivity contribution < 1.29 is 18.3 Å². The van der Waals surface area contributed by atoms with Crippen LogP contribution in [0.5, 0.6) is 5.75 Å². The Morgan fingerprint density at radius 3 is 2.69 bits per heavy atom. The van der Waals surface area contributed by atoms with E-state index in [0.29, 0.717) is 23.1 Å². The van der Waals surface area contributed by atoms with Crippen LogP contribution in [0.2, 0.25) is 0 Å². The number of aromatic nitrogens is 2. The Kier molecular flexibility index (Phi) is 4.76. The number of aldehydes is 1. The molecule has 0 N–H and O–H groups in total. The first-order valence-electron chi connectivity index (χ1n) is 7.63. The van der Waals surface area contributed by atoms with Crippen LogP contribution in [0.3, 0.4) is 0 Å². The van der Waals surface area contributed by atoms with E-state index < -0.39 is 6.61 Å². The van der Waals surface area contributed by atoms with E-state index in [0.717, 1.165) is 11.3 Å². The van der Waals surface area contributed by atoms with Crippen LogP contribution in [-0.2, 0) is 0 Å². The molecular weight excluding hydrogens is 340 g/mol. The third kappa shape index (κ3) is 3.44. The molecule has 0 fully saturated rings. The summed E-state index contributed by atoms with van der Waals surface area (Å²) in [5.74, 6) is -0.198. The average Bonchev–Trinajstić information content (AvgIpc) is 3.10. The lowest BCUT2D eigenvalue weighted by atomic mass is 10.1. The molecule has 26 heavy (non-hydrogen) atoms. The second-order valence-electron chi connectivity index (χ2n) is 5.51. The topological polar surface area (TPSA) is 67.9 Å². The van der Waals surface area contributed by atoms with Crippen molar-refractivity contribution in [1.82, 2.24) is 9.78 Å². The Balaban J connectivity index is 1.97. The van der Waals surface area contributed by atoms with Crippen LogP contribution in [-0.4, -0.2) is 22.7 Å². The van der Waals surface area contributed by atoms with Crippen LogP contribution in [0, 0.1) is 18.3 Å². The first kappa shape index (κ1) is 17.3. The minimum absolute atomic E-state index is 0.0384. The smallest absolute Gasteiger partial charge is 0.387 e. The number of alkyl halides is 2. The molecule has 0 atom stereocenters. The van der Waals surface area contributed by atoms with Crippen molar-refractivity contribution in [3.63, 3.8) is 0 Å². The lowest BCUT2D eigenvalue weighted by Crippen LogP contribution is -2.04. The van der Waals surface area contributed by atoms with Gasteiger partial charge >= 0.3 is 6.61 Å². The van der Waals surface area contributed by atoms with E-state index in [1.807, 2.05) is 6.92 Å². The van der Waals surface area contributed by atoms with Crippen molar-refractivity contribution in [1.29, 1.82) is 5.26 Å². The van der Waals surface area contributed by atoms with Crippen LogP contribution < -0.4 is 4.74 Å². The molecule has 1 aromatic heterocycles. The SMILES string of the molecule is Cc1cc(C#N)ccc1-n1ccc(-c2ccc(C=O)c(OC(F)F)c2)n1. The number of nitrogens with zero attached hydrogens (tertiary/aromatic N) is 3. The highest BCUT2D eigenvalue weighted by Gasteiger charge is 2.13. The van der Waals surface area contributed by atoms with E-state index >= 15 is 0 Å². The van der Waals surface area contributed by atoms with Gasteiger partial charge in [0.05, 0.1) is 28.6 Å². The van der Waals surface area contributed by atoms with Gasteiger partial charge in [-0.15, -0.1) is 0 Å². The van der Waals surface area contributed by atoms with Gasteiger partial charge in [0.1, 0.15) is 5.75 Å².